The van der Waals surface area contributed by atoms with Crippen LogP contribution in [0.15, 0.2) is 30.5 Å². The van der Waals surface area contributed by atoms with Crippen LogP contribution in [-0.4, -0.2) is 34.3 Å². The third kappa shape index (κ3) is 3.58. The van der Waals surface area contributed by atoms with Crippen molar-refractivity contribution < 1.29 is 14.3 Å². The minimum Gasteiger partial charge on any atom is -0.493 e. The van der Waals surface area contributed by atoms with Crippen molar-refractivity contribution in [1.29, 1.82) is 0 Å². The summed E-state index contributed by atoms with van der Waals surface area (Å²) in [6.07, 6.45) is 6.34. The Morgan fingerprint density at radius 1 is 1.22 bits per heavy atom. The molecular weight excluding hydrogens is 344 g/mol. The SMILES string of the molecule is COc1cc(C(=O)Nc2cnc3n[nH]c(C)c3c2)ccc1OC1CCCC1. The fourth-order valence-corrected chi connectivity index (χ4v) is 3.38. The molecule has 27 heavy (non-hydrogen) atoms. The molecule has 7 nitrogen and oxygen atoms in total. The van der Waals surface area contributed by atoms with E-state index in [9.17, 15) is 4.79 Å². The molecule has 4 rings (SSSR count). The summed E-state index contributed by atoms with van der Waals surface area (Å²) in [5.41, 5.74) is 2.64. The average molecular weight is 366 g/mol. The van der Waals surface area contributed by atoms with E-state index in [-0.39, 0.29) is 12.0 Å². The van der Waals surface area contributed by atoms with E-state index >= 15 is 0 Å². The van der Waals surface area contributed by atoms with Crippen LogP contribution in [0.25, 0.3) is 11.0 Å². The first kappa shape index (κ1) is 17.3. The van der Waals surface area contributed by atoms with Crippen molar-refractivity contribution in [2.75, 3.05) is 12.4 Å². The molecule has 3 aromatic rings. The Morgan fingerprint density at radius 2 is 2.04 bits per heavy atom. The van der Waals surface area contributed by atoms with E-state index in [0.717, 1.165) is 23.9 Å². The van der Waals surface area contributed by atoms with E-state index in [0.29, 0.717) is 28.4 Å². The quantitative estimate of drug-likeness (QED) is 0.716. The number of pyridine rings is 1. The van der Waals surface area contributed by atoms with Crippen molar-refractivity contribution in [1.82, 2.24) is 15.2 Å². The van der Waals surface area contributed by atoms with Gasteiger partial charge in [0.15, 0.2) is 17.1 Å². The Hall–Kier alpha value is -3.09. The number of fused-ring (bicyclic) bond motifs is 1. The first-order valence-electron chi connectivity index (χ1n) is 9.11. The molecule has 1 saturated carbocycles. The zero-order chi connectivity index (χ0) is 18.8. The van der Waals surface area contributed by atoms with Gasteiger partial charge in [0.25, 0.3) is 5.91 Å². The maximum absolute atomic E-state index is 12.6. The average Bonchev–Trinajstić information content (AvgIpc) is 3.32. The molecule has 1 aliphatic carbocycles. The van der Waals surface area contributed by atoms with Crippen LogP contribution < -0.4 is 14.8 Å². The van der Waals surface area contributed by atoms with Crippen molar-refractivity contribution in [2.45, 2.75) is 38.7 Å². The smallest absolute Gasteiger partial charge is 0.255 e. The van der Waals surface area contributed by atoms with Gasteiger partial charge in [-0.2, -0.15) is 5.10 Å². The van der Waals surface area contributed by atoms with Gasteiger partial charge in [-0.25, -0.2) is 4.98 Å². The monoisotopic (exact) mass is 366 g/mol. The summed E-state index contributed by atoms with van der Waals surface area (Å²) in [4.78, 5) is 16.9. The summed E-state index contributed by atoms with van der Waals surface area (Å²) in [6.45, 7) is 1.91. The predicted octanol–water partition coefficient (Wildman–Crippen LogP) is 3.85. The third-order valence-corrected chi connectivity index (χ3v) is 4.88. The highest BCUT2D eigenvalue weighted by Gasteiger charge is 2.19. The van der Waals surface area contributed by atoms with Crippen LogP contribution in [0.5, 0.6) is 11.5 Å². The Labute approximate surface area is 157 Å². The number of rotatable bonds is 5. The number of aromatic amines is 1. The summed E-state index contributed by atoms with van der Waals surface area (Å²) in [7, 11) is 1.58. The van der Waals surface area contributed by atoms with Gasteiger partial charge in [0, 0.05) is 16.6 Å². The van der Waals surface area contributed by atoms with E-state index in [4.69, 9.17) is 9.47 Å². The number of benzene rings is 1. The molecule has 0 radical (unpaired) electrons. The standard InChI is InChI=1S/C20H22N4O3/c1-12-16-10-14(11-21-19(16)24-23-12)22-20(25)13-7-8-17(18(9-13)26-2)27-15-5-3-4-6-15/h7-11,15H,3-6H2,1-2H3,(H,22,25)(H,21,23,24). The number of aromatic nitrogens is 3. The van der Waals surface area contributed by atoms with Crippen LogP contribution in [0.4, 0.5) is 5.69 Å². The zero-order valence-electron chi connectivity index (χ0n) is 15.4. The lowest BCUT2D eigenvalue weighted by Crippen LogP contribution is -2.14. The summed E-state index contributed by atoms with van der Waals surface area (Å²) in [6, 6.07) is 7.10. The van der Waals surface area contributed by atoms with E-state index in [2.05, 4.69) is 20.5 Å². The molecule has 0 spiro atoms. The van der Waals surface area contributed by atoms with Crippen LogP contribution in [0, 0.1) is 6.92 Å². The fraction of sp³-hybridized carbons (Fsp3) is 0.350. The maximum Gasteiger partial charge on any atom is 0.255 e. The van der Waals surface area contributed by atoms with Crippen molar-refractivity contribution in [2.24, 2.45) is 0 Å². The second kappa shape index (κ2) is 7.26. The van der Waals surface area contributed by atoms with Crippen molar-refractivity contribution in [3.63, 3.8) is 0 Å². The summed E-state index contributed by atoms with van der Waals surface area (Å²) in [5.74, 6) is 1.01. The lowest BCUT2D eigenvalue weighted by molar-refractivity contribution is 0.102. The van der Waals surface area contributed by atoms with Gasteiger partial charge < -0.3 is 14.8 Å². The van der Waals surface area contributed by atoms with E-state index in [1.807, 2.05) is 13.0 Å². The van der Waals surface area contributed by atoms with Crippen molar-refractivity contribution >= 4 is 22.6 Å². The molecule has 2 N–H and O–H groups in total. The number of carbonyl (C=O) groups is 1. The number of aryl methyl sites for hydroxylation is 1. The van der Waals surface area contributed by atoms with Gasteiger partial charge >= 0.3 is 0 Å². The largest absolute Gasteiger partial charge is 0.493 e. The molecule has 1 aromatic carbocycles. The lowest BCUT2D eigenvalue weighted by atomic mass is 10.1. The lowest BCUT2D eigenvalue weighted by Gasteiger charge is -2.16. The number of ether oxygens (including phenoxy) is 2. The molecule has 2 heterocycles. The van der Waals surface area contributed by atoms with Gasteiger partial charge in [-0.15, -0.1) is 0 Å². The molecule has 0 unspecified atom stereocenters. The molecule has 0 aliphatic heterocycles. The highest BCUT2D eigenvalue weighted by atomic mass is 16.5. The fourth-order valence-electron chi connectivity index (χ4n) is 3.38. The van der Waals surface area contributed by atoms with Crippen LogP contribution in [-0.2, 0) is 0 Å². The molecule has 1 amide bonds. The number of H-pyrrole nitrogens is 1. The van der Waals surface area contributed by atoms with Crippen molar-refractivity contribution in [3.05, 3.63) is 41.7 Å². The molecule has 1 aliphatic rings. The van der Waals surface area contributed by atoms with Crippen LogP contribution in [0.2, 0.25) is 0 Å². The van der Waals surface area contributed by atoms with E-state index in [1.165, 1.54) is 12.8 Å². The maximum atomic E-state index is 12.6. The number of hydrogen-bond donors (Lipinski definition) is 2. The molecule has 7 heteroatoms. The second-order valence-corrected chi connectivity index (χ2v) is 6.79. The van der Waals surface area contributed by atoms with Gasteiger partial charge in [-0.1, -0.05) is 0 Å². The predicted molar refractivity (Wildman–Crippen MR) is 102 cm³/mol. The van der Waals surface area contributed by atoms with E-state index in [1.54, 1.807) is 31.5 Å². The molecule has 0 atom stereocenters. The minimum atomic E-state index is -0.233. The highest BCUT2D eigenvalue weighted by molar-refractivity contribution is 6.05. The Morgan fingerprint density at radius 3 is 2.81 bits per heavy atom. The Kier molecular flexibility index (Phi) is 4.66. The zero-order valence-corrected chi connectivity index (χ0v) is 15.4. The molecular formula is C20H22N4O3. The Bertz CT molecular complexity index is 977. The Balaban J connectivity index is 1.52. The van der Waals surface area contributed by atoms with Crippen LogP contribution in [0.3, 0.4) is 0 Å². The summed E-state index contributed by atoms with van der Waals surface area (Å²) < 4.78 is 11.5. The molecule has 0 saturated heterocycles. The summed E-state index contributed by atoms with van der Waals surface area (Å²) in [5, 5.41) is 10.7. The van der Waals surface area contributed by atoms with E-state index < -0.39 is 0 Å². The highest BCUT2D eigenvalue weighted by Crippen LogP contribution is 2.32. The van der Waals surface area contributed by atoms with Gasteiger partial charge in [-0.05, 0) is 56.9 Å². The first-order chi connectivity index (χ1) is 13.1. The summed E-state index contributed by atoms with van der Waals surface area (Å²) >= 11 is 0. The molecule has 1 fully saturated rings. The topological polar surface area (TPSA) is 89.1 Å². The number of nitrogens with zero attached hydrogens (tertiary/aromatic N) is 2. The number of amides is 1. The normalized spacial score (nSPS) is 14.4. The van der Waals surface area contributed by atoms with Crippen LogP contribution >= 0.6 is 0 Å². The molecule has 140 valence electrons. The third-order valence-electron chi connectivity index (χ3n) is 4.88. The number of hydrogen-bond acceptors (Lipinski definition) is 5. The van der Waals surface area contributed by atoms with Crippen LogP contribution in [0.1, 0.15) is 41.7 Å². The van der Waals surface area contributed by atoms with Crippen molar-refractivity contribution in [3.8, 4) is 11.5 Å². The molecule has 2 aromatic heterocycles. The number of nitrogens with one attached hydrogen (secondary N) is 2. The second-order valence-electron chi connectivity index (χ2n) is 6.79. The van der Waals surface area contributed by atoms with Gasteiger partial charge in [0.2, 0.25) is 0 Å². The number of anilines is 1. The first-order valence-corrected chi connectivity index (χ1v) is 9.11. The van der Waals surface area contributed by atoms with Gasteiger partial charge in [0.05, 0.1) is 25.1 Å². The number of carbonyl (C=O) groups excluding carboxylic acids is 1. The minimum absolute atomic E-state index is 0.231. The van der Waals surface area contributed by atoms with Gasteiger partial charge in [0.1, 0.15) is 0 Å². The van der Waals surface area contributed by atoms with Gasteiger partial charge in [-0.3, -0.25) is 9.89 Å². The number of methoxy groups -OCH3 is 1. The molecule has 0 bridgehead atoms.